The van der Waals surface area contributed by atoms with Gasteiger partial charge in [0, 0.05) is 27.4 Å². The van der Waals surface area contributed by atoms with Crippen LogP contribution >= 0.6 is 0 Å². The number of methoxy groups -OCH3 is 1. The summed E-state index contributed by atoms with van der Waals surface area (Å²) in [5.74, 6) is -1.11. The van der Waals surface area contributed by atoms with Crippen LogP contribution in [0.15, 0.2) is 11.6 Å². The number of carbonyl (C=O) groups excluding carboxylic acids is 4. The summed E-state index contributed by atoms with van der Waals surface area (Å²) >= 11 is 0. The molecule has 0 radical (unpaired) electrons. The van der Waals surface area contributed by atoms with Crippen molar-refractivity contribution in [1.29, 1.82) is 0 Å². The van der Waals surface area contributed by atoms with Gasteiger partial charge in [-0.05, 0) is 98.2 Å². The number of amides is 3. The molecule has 4 aliphatic carbocycles. The molecular formula is C59H95N3O23. The van der Waals surface area contributed by atoms with Gasteiger partial charge in [-0.2, -0.15) is 0 Å². The van der Waals surface area contributed by atoms with E-state index in [1.165, 1.54) is 57.9 Å². The van der Waals surface area contributed by atoms with Crippen molar-refractivity contribution in [3.05, 3.63) is 11.6 Å². The highest BCUT2D eigenvalue weighted by atomic mass is 16.8. The third-order valence-electron chi connectivity index (χ3n) is 20.4. The van der Waals surface area contributed by atoms with Crippen LogP contribution in [0.1, 0.15) is 126 Å². The van der Waals surface area contributed by atoms with Crippen molar-refractivity contribution in [2.75, 3.05) is 26.9 Å². The summed E-state index contributed by atoms with van der Waals surface area (Å²) in [6.45, 7) is 13.3. The van der Waals surface area contributed by atoms with Gasteiger partial charge in [0.2, 0.25) is 11.8 Å². The van der Waals surface area contributed by atoms with Crippen molar-refractivity contribution >= 4 is 29.7 Å². The number of carbonyl (C=O) groups is 5. The van der Waals surface area contributed by atoms with Crippen LogP contribution in [0.5, 0.6) is 0 Å². The Hall–Kier alpha value is -3.55. The number of aliphatic carboxylic acids is 1. The number of hydrogen-bond acceptors (Lipinski definition) is 22. The molecule has 4 aliphatic heterocycles. The monoisotopic (exact) mass is 1210 g/mol. The molecule has 7 fully saturated rings. The molecule has 85 heavy (non-hydrogen) atoms. The summed E-state index contributed by atoms with van der Waals surface area (Å²) in [4.78, 5) is 66.0. The van der Waals surface area contributed by atoms with Gasteiger partial charge in [-0.1, -0.05) is 65.5 Å². The SMILES string of the molecule is CO[C@@H]1C(C(=O)O)O[C@@H](O[C@@H]2C(NC(C)=O)[C@H](O[C@@H]3C(C(=O)NCC(=O)O[C@H]4CC[C@@]5(C)C(=CC[C@H]6[C@@H]7CC[C@H]([C@H](C)CCCC(C)C)[C@@]7(C)CC[C@@H]65)C4)O[C@@H](O[C@@H]4C(NC(C)=O)[C@H](C)OC(CO)[C@H]4O)C(O)[C@H]3O)OC(CO)[C@H]2O)C(O)[C@H]1O. The molecule has 28 atom stereocenters. The Morgan fingerprint density at radius 3 is 1.87 bits per heavy atom. The molecule has 0 aromatic carbocycles. The lowest BCUT2D eigenvalue weighted by Crippen LogP contribution is -2.71. The maximum atomic E-state index is 14.6. The van der Waals surface area contributed by atoms with Crippen molar-refractivity contribution in [3.63, 3.8) is 0 Å². The number of fused-ring (bicyclic) bond motifs is 5. The van der Waals surface area contributed by atoms with Crippen LogP contribution in [0.2, 0.25) is 0 Å². The largest absolute Gasteiger partial charge is 0.479 e. The predicted octanol–water partition coefficient (Wildman–Crippen LogP) is -0.568. The first-order chi connectivity index (χ1) is 40.2. The number of ether oxygens (including phenoxy) is 9. The summed E-state index contributed by atoms with van der Waals surface area (Å²) in [6.07, 6.45) is -19.7. The quantitative estimate of drug-likeness (QED) is 0.0506. The summed E-state index contributed by atoms with van der Waals surface area (Å²) in [5, 5.41) is 107. The molecule has 3 amide bonds. The van der Waals surface area contributed by atoms with Crippen molar-refractivity contribution < 1.29 is 113 Å². The van der Waals surface area contributed by atoms with Gasteiger partial charge in [0.1, 0.15) is 91.9 Å². The molecule has 0 aromatic heterocycles. The topological polar surface area (TPSA) is 387 Å². The van der Waals surface area contributed by atoms with Gasteiger partial charge in [-0.3, -0.25) is 19.2 Å². The second kappa shape index (κ2) is 28.1. The molecule has 4 heterocycles. The lowest BCUT2D eigenvalue weighted by Gasteiger charge is -2.58. The molecule has 4 saturated heterocycles. The number of allylic oxidation sites excluding steroid dienone is 1. The van der Waals surface area contributed by atoms with Crippen LogP contribution in [-0.2, 0) is 66.6 Å². The lowest BCUT2D eigenvalue weighted by atomic mass is 9.47. The van der Waals surface area contributed by atoms with Crippen LogP contribution in [0.4, 0.5) is 0 Å². The zero-order valence-electron chi connectivity index (χ0n) is 50.3. The zero-order valence-corrected chi connectivity index (χ0v) is 50.3. The fourth-order valence-corrected chi connectivity index (χ4v) is 16.0. The van der Waals surface area contributed by atoms with Gasteiger partial charge >= 0.3 is 11.9 Å². The number of nitrogens with one attached hydrogen (secondary N) is 3. The highest BCUT2D eigenvalue weighted by molar-refractivity contribution is 5.85. The van der Waals surface area contributed by atoms with E-state index < -0.39 is 178 Å². The zero-order chi connectivity index (χ0) is 62.1. The van der Waals surface area contributed by atoms with E-state index in [2.05, 4.69) is 56.6 Å². The third-order valence-corrected chi connectivity index (χ3v) is 20.4. The summed E-state index contributed by atoms with van der Waals surface area (Å²) in [6, 6.07) is -2.93. The molecular weight excluding hydrogens is 1120 g/mol. The Morgan fingerprint density at radius 1 is 0.682 bits per heavy atom. The third kappa shape index (κ3) is 14.1. The van der Waals surface area contributed by atoms with Crippen molar-refractivity contribution in [1.82, 2.24) is 16.0 Å². The van der Waals surface area contributed by atoms with Gasteiger partial charge in [0.25, 0.3) is 5.91 Å². The fraction of sp³-hybridized carbons (Fsp3) is 0.881. The summed E-state index contributed by atoms with van der Waals surface area (Å²) in [5.41, 5.74) is 1.55. The van der Waals surface area contributed by atoms with E-state index in [4.69, 9.17) is 42.6 Å². The van der Waals surface area contributed by atoms with Crippen LogP contribution < -0.4 is 16.0 Å². The molecule has 8 aliphatic rings. The van der Waals surface area contributed by atoms with Crippen molar-refractivity contribution in [2.24, 2.45) is 46.3 Å². The minimum Gasteiger partial charge on any atom is -0.479 e. The smallest absolute Gasteiger partial charge is 0.335 e. The van der Waals surface area contributed by atoms with E-state index in [1.54, 1.807) is 0 Å². The normalized spacial score (nSPS) is 44.8. The van der Waals surface area contributed by atoms with E-state index in [1.807, 2.05) is 0 Å². The summed E-state index contributed by atoms with van der Waals surface area (Å²) < 4.78 is 52.6. The Bertz CT molecular complexity index is 2350. The molecule has 0 bridgehead atoms. The molecule has 26 nitrogen and oxygen atoms in total. The number of hydrogen-bond donors (Lipinski definition) is 12. The first-order valence-electron chi connectivity index (χ1n) is 30.5. The fourth-order valence-electron chi connectivity index (χ4n) is 16.0. The van der Waals surface area contributed by atoms with Crippen LogP contribution in [0.3, 0.4) is 0 Å². The van der Waals surface area contributed by atoms with Crippen LogP contribution in [-0.4, -0.2) is 231 Å². The van der Waals surface area contributed by atoms with Gasteiger partial charge in [0.15, 0.2) is 31.1 Å². The lowest BCUT2D eigenvalue weighted by molar-refractivity contribution is -0.365. The van der Waals surface area contributed by atoms with Crippen LogP contribution in [0, 0.1) is 46.3 Å². The minimum atomic E-state index is -2.25. The Labute approximate surface area is 496 Å². The summed E-state index contributed by atoms with van der Waals surface area (Å²) in [7, 11) is 1.07. The number of aliphatic hydroxyl groups excluding tert-OH is 8. The molecule has 12 N–H and O–H groups in total. The average molecular weight is 1210 g/mol. The average Bonchev–Trinajstić information content (AvgIpc) is 1.82. The van der Waals surface area contributed by atoms with E-state index in [0.29, 0.717) is 47.8 Å². The predicted molar refractivity (Wildman–Crippen MR) is 295 cm³/mol. The molecule has 0 aromatic rings. The van der Waals surface area contributed by atoms with E-state index in [9.17, 15) is 69.9 Å². The van der Waals surface area contributed by atoms with E-state index in [-0.39, 0.29) is 5.41 Å². The maximum absolute atomic E-state index is 14.6. The van der Waals surface area contributed by atoms with Crippen molar-refractivity contribution in [2.45, 2.75) is 255 Å². The molecule has 3 saturated carbocycles. The highest BCUT2D eigenvalue weighted by Gasteiger charge is 2.61. The molecule has 26 heteroatoms. The standard InChI is InChI=1S/C59H95N3O23/c1-25(2)11-10-12-26(3)33-15-16-34-32-14-13-30-21-31(17-19-58(30,7)35(32)18-20-59(33,34)8)79-38(67)22-60-53(74)51-50(44(71)46(73)56(84-51)81-47-39(61-28(5)65)27(4)78-36(23-63)41(47)68)83-55-40(62-29(6)66)48(42(69)37(24-64)80-55)82-57-45(72)43(70)49(77-9)52(85-57)54(75)76/h13,25-27,31-37,39-52,55-57,63-64,68-73H,10-12,14-24H2,1-9H3,(H,60,74)(H,61,65)(H,62,66)(H,75,76)/t26-,27+,31+,32+,33-,34+,35+,36?,37?,39?,40?,41-,42-,43-,44-,45?,46?,47-,48-,49+,50+,51?,52?,55+,56-,57-,58+,59-/m1/s1. The van der Waals surface area contributed by atoms with Gasteiger partial charge in [-0.25, -0.2) is 4.79 Å². The van der Waals surface area contributed by atoms with Gasteiger partial charge in [-0.15, -0.1) is 0 Å². The van der Waals surface area contributed by atoms with Crippen LogP contribution in [0.25, 0.3) is 0 Å². The number of esters is 1. The number of carboxylic acid groups (broad SMARTS) is 1. The highest BCUT2D eigenvalue weighted by Crippen LogP contribution is 2.67. The van der Waals surface area contributed by atoms with Crippen molar-refractivity contribution in [3.8, 4) is 0 Å². The Kier molecular flexibility index (Phi) is 22.3. The Balaban J connectivity index is 1.00. The first-order valence-corrected chi connectivity index (χ1v) is 30.5. The van der Waals surface area contributed by atoms with Gasteiger partial charge < -0.3 is 105 Å². The Morgan fingerprint density at radius 2 is 1.27 bits per heavy atom. The van der Waals surface area contributed by atoms with E-state index >= 15 is 0 Å². The number of aliphatic hydroxyl groups is 8. The number of carboxylic acids is 1. The minimum absolute atomic E-state index is 0.0491. The van der Waals surface area contributed by atoms with E-state index in [0.717, 1.165) is 39.2 Å². The molecule has 484 valence electrons. The molecule has 8 rings (SSSR count). The second-order valence-electron chi connectivity index (χ2n) is 26.2. The second-order valence-corrected chi connectivity index (χ2v) is 26.2. The molecule has 8 unspecified atom stereocenters. The van der Waals surface area contributed by atoms with Gasteiger partial charge in [0.05, 0.1) is 25.4 Å². The maximum Gasteiger partial charge on any atom is 0.335 e. The first kappa shape index (κ1) is 67.4. The number of rotatable bonds is 21. The molecule has 0 spiro atoms.